The Morgan fingerprint density at radius 3 is 2.29 bits per heavy atom. The van der Waals surface area contributed by atoms with Gasteiger partial charge in [-0.2, -0.15) is 0 Å². The number of benzene rings is 2. The predicted molar refractivity (Wildman–Crippen MR) is 83.4 cm³/mol. The monoisotopic (exact) mass is 355 g/mol. The standard InChI is InChI=1S/C16H16BrF2NO/c1-9-5-12(17)6-10(2)16(9)20-8-15(21)11-3-4-13(18)14(19)7-11/h3-7,15,20-21H,8H2,1-2H3. The summed E-state index contributed by atoms with van der Waals surface area (Å²) in [4.78, 5) is 0. The Balaban J connectivity index is 2.11. The second-order valence-corrected chi connectivity index (χ2v) is 5.90. The van der Waals surface area contributed by atoms with Gasteiger partial charge in [0.25, 0.3) is 0 Å². The summed E-state index contributed by atoms with van der Waals surface area (Å²) in [5, 5.41) is 13.2. The van der Waals surface area contributed by atoms with Gasteiger partial charge in [-0.3, -0.25) is 0 Å². The number of nitrogens with one attached hydrogen (secondary N) is 1. The van der Waals surface area contributed by atoms with Gasteiger partial charge in [0.2, 0.25) is 0 Å². The summed E-state index contributed by atoms with van der Waals surface area (Å²) in [6.07, 6.45) is -0.914. The number of aliphatic hydroxyl groups is 1. The van der Waals surface area contributed by atoms with Gasteiger partial charge in [0.05, 0.1) is 6.10 Å². The first-order chi connectivity index (χ1) is 9.88. The summed E-state index contributed by atoms with van der Waals surface area (Å²) in [6, 6.07) is 7.36. The highest BCUT2D eigenvalue weighted by atomic mass is 79.9. The SMILES string of the molecule is Cc1cc(Br)cc(C)c1NCC(O)c1ccc(F)c(F)c1. The fourth-order valence-electron chi connectivity index (χ4n) is 2.23. The summed E-state index contributed by atoms with van der Waals surface area (Å²) in [7, 11) is 0. The van der Waals surface area contributed by atoms with Gasteiger partial charge >= 0.3 is 0 Å². The third kappa shape index (κ3) is 3.80. The van der Waals surface area contributed by atoms with Crippen molar-refractivity contribution in [1.82, 2.24) is 0 Å². The molecule has 2 nitrogen and oxygen atoms in total. The van der Waals surface area contributed by atoms with Crippen molar-refractivity contribution in [1.29, 1.82) is 0 Å². The zero-order valence-corrected chi connectivity index (χ0v) is 13.3. The fourth-order valence-corrected chi connectivity index (χ4v) is 2.91. The van der Waals surface area contributed by atoms with Crippen LogP contribution in [0.2, 0.25) is 0 Å². The van der Waals surface area contributed by atoms with E-state index in [0.29, 0.717) is 5.56 Å². The third-order valence-corrected chi connectivity index (χ3v) is 3.76. The van der Waals surface area contributed by atoms with Crippen LogP contribution < -0.4 is 5.32 Å². The van der Waals surface area contributed by atoms with Crippen LogP contribution in [0.15, 0.2) is 34.8 Å². The molecule has 0 amide bonds. The van der Waals surface area contributed by atoms with Gasteiger partial charge < -0.3 is 10.4 Å². The van der Waals surface area contributed by atoms with E-state index in [4.69, 9.17) is 0 Å². The molecule has 0 aliphatic heterocycles. The van der Waals surface area contributed by atoms with Crippen molar-refractivity contribution >= 4 is 21.6 Å². The van der Waals surface area contributed by atoms with Crippen LogP contribution in [-0.4, -0.2) is 11.7 Å². The highest BCUT2D eigenvalue weighted by Crippen LogP contribution is 2.26. The number of hydrogen-bond donors (Lipinski definition) is 2. The second-order valence-electron chi connectivity index (χ2n) is 4.98. The molecule has 1 atom stereocenters. The Hall–Kier alpha value is -1.46. The lowest BCUT2D eigenvalue weighted by molar-refractivity contribution is 0.191. The second kappa shape index (κ2) is 6.54. The molecule has 0 spiro atoms. The molecule has 0 aliphatic carbocycles. The Morgan fingerprint density at radius 1 is 1.10 bits per heavy atom. The van der Waals surface area contributed by atoms with Crippen LogP contribution in [0.4, 0.5) is 14.5 Å². The van der Waals surface area contributed by atoms with Gasteiger partial charge in [-0.15, -0.1) is 0 Å². The highest BCUT2D eigenvalue weighted by Gasteiger charge is 2.12. The van der Waals surface area contributed by atoms with Gasteiger partial charge in [-0.1, -0.05) is 22.0 Å². The molecule has 5 heteroatoms. The van der Waals surface area contributed by atoms with Crippen LogP contribution >= 0.6 is 15.9 Å². The Morgan fingerprint density at radius 2 is 1.71 bits per heavy atom. The van der Waals surface area contributed by atoms with Crippen LogP contribution in [0, 0.1) is 25.5 Å². The maximum Gasteiger partial charge on any atom is 0.159 e. The molecule has 21 heavy (non-hydrogen) atoms. The van der Waals surface area contributed by atoms with E-state index in [1.54, 1.807) is 0 Å². The van der Waals surface area contributed by atoms with Gasteiger partial charge in [0.1, 0.15) is 0 Å². The van der Waals surface area contributed by atoms with E-state index in [2.05, 4.69) is 21.2 Å². The topological polar surface area (TPSA) is 32.3 Å². The van der Waals surface area contributed by atoms with Crippen LogP contribution in [0.5, 0.6) is 0 Å². The minimum absolute atomic E-state index is 0.217. The fraction of sp³-hybridized carbons (Fsp3) is 0.250. The molecule has 0 saturated heterocycles. The third-order valence-electron chi connectivity index (χ3n) is 3.30. The Labute approximate surface area is 130 Å². The quantitative estimate of drug-likeness (QED) is 0.846. The molecule has 2 rings (SSSR count). The number of rotatable bonds is 4. The summed E-state index contributed by atoms with van der Waals surface area (Å²) >= 11 is 3.42. The highest BCUT2D eigenvalue weighted by molar-refractivity contribution is 9.10. The molecule has 1 unspecified atom stereocenters. The van der Waals surface area contributed by atoms with Crippen LogP contribution in [0.1, 0.15) is 22.8 Å². The average Bonchev–Trinajstić information content (AvgIpc) is 2.40. The molecular weight excluding hydrogens is 340 g/mol. The lowest BCUT2D eigenvalue weighted by atomic mass is 10.1. The molecule has 0 heterocycles. The number of halogens is 3. The van der Waals surface area contributed by atoms with Crippen molar-refractivity contribution in [2.24, 2.45) is 0 Å². The van der Waals surface area contributed by atoms with E-state index < -0.39 is 17.7 Å². The summed E-state index contributed by atoms with van der Waals surface area (Å²) in [5.74, 6) is -1.87. The van der Waals surface area contributed by atoms with Crippen molar-refractivity contribution in [3.63, 3.8) is 0 Å². The lowest BCUT2D eigenvalue weighted by Crippen LogP contribution is -2.14. The van der Waals surface area contributed by atoms with E-state index in [1.165, 1.54) is 6.07 Å². The maximum atomic E-state index is 13.2. The lowest BCUT2D eigenvalue weighted by Gasteiger charge is -2.17. The zero-order valence-electron chi connectivity index (χ0n) is 11.8. The molecule has 2 aromatic rings. The summed E-state index contributed by atoms with van der Waals surface area (Å²) < 4.78 is 27.0. The maximum absolute atomic E-state index is 13.2. The van der Waals surface area contributed by atoms with E-state index in [9.17, 15) is 13.9 Å². The van der Waals surface area contributed by atoms with E-state index in [0.717, 1.165) is 33.4 Å². The Bertz CT molecular complexity index is 638. The Kier molecular flexibility index (Phi) is 4.96. The summed E-state index contributed by atoms with van der Waals surface area (Å²) in [5.41, 5.74) is 3.35. The summed E-state index contributed by atoms with van der Waals surface area (Å²) in [6.45, 7) is 4.14. The number of aliphatic hydroxyl groups excluding tert-OH is 1. The molecule has 2 N–H and O–H groups in total. The molecule has 0 saturated carbocycles. The van der Waals surface area contributed by atoms with Crippen LogP contribution in [0.3, 0.4) is 0 Å². The first kappa shape index (κ1) is 15.9. The normalized spacial score (nSPS) is 12.3. The molecule has 0 bridgehead atoms. The molecular formula is C16H16BrF2NO. The minimum atomic E-state index is -0.956. The number of anilines is 1. The average molecular weight is 356 g/mol. The van der Waals surface area contributed by atoms with Crippen molar-refractivity contribution in [3.05, 3.63) is 63.1 Å². The molecule has 0 aliphatic rings. The van der Waals surface area contributed by atoms with E-state index in [1.807, 2.05) is 26.0 Å². The van der Waals surface area contributed by atoms with Crippen molar-refractivity contribution < 1.29 is 13.9 Å². The molecule has 0 fully saturated rings. The van der Waals surface area contributed by atoms with Crippen LogP contribution in [0.25, 0.3) is 0 Å². The van der Waals surface area contributed by atoms with E-state index >= 15 is 0 Å². The smallest absolute Gasteiger partial charge is 0.159 e. The van der Waals surface area contributed by atoms with Gasteiger partial charge in [0.15, 0.2) is 11.6 Å². The van der Waals surface area contributed by atoms with Crippen molar-refractivity contribution in [2.75, 3.05) is 11.9 Å². The van der Waals surface area contributed by atoms with Gasteiger partial charge in [0, 0.05) is 16.7 Å². The van der Waals surface area contributed by atoms with E-state index in [-0.39, 0.29) is 6.54 Å². The number of aryl methyl sites for hydroxylation is 2. The van der Waals surface area contributed by atoms with Gasteiger partial charge in [-0.25, -0.2) is 8.78 Å². The molecule has 0 radical (unpaired) electrons. The largest absolute Gasteiger partial charge is 0.387 e. The number of hydrogen-bond acceptors (Lipinski definition) is 2. The first-order valence-corrected chi connectivity index (χ1v) is 7.31. The van der Waals surface area contributed by atoms with Crippen molar-refractivity contribution in [3.8, 4) is 0 Å². The van der Waals surface area contributed by atoms with Crippen LogP contribution in [-0.2, 0) is 0 Å². The molecule has 2 aromatic carbocycles. The minimum Gasteiger partial charge on any atom is -0.387 e. The zero-order chi connectivity index (χ0) is 15.6. The van der Waals surface area contributed by atoms with Crippen molar-refractivity contribution in [2.45, 2.75) is 20.0 Å². The molecule has 112 valence electrons. The predicted octanol–water partition coefficient (Wildman–Crippen LogP) is 4.49. The van der Waals surface area contributed by atoms with Gasteiger partial charge in [-0.05, 0) is 54.8 Å². The molecule has 0 aromatic heterocycles. The first-order valence-electron chi connectivity index (χ1n) is 6.52.